The Morgan fingerprint density at radius 3 is 1.82 bits per heavy atom. The summed E-state index contributed by atoms with van der Waals surface area (Å²) in [6, 6.07) is 3.57. The Bertz CT molecular complexity index is 216. The van der Waals surface area contributed by atoms with E-state index in [9.17, 15) is 4.57 Å². The molecular weight excluding hydrogens is 163 g/mol. The van der Waals surface area contributed by atoms with Crippen LogP contribution in [-0.2, 0) is 4.57 Å². The highest BCUT2D eigenvalue weighted by Crippen LogP contribution is 2.41. The number of hydrogen-bond donors (Lipinski definition) is 1. The van der Waals surface area contributed by atoms with Crippen molar-refractivity contribution in [3.05, 3.63) is 0 Å². The van der Waals surface area contributed by atoms with Gasteiger partial charge in [0.15, 0.2) is 0 Å². The number of rotatable bonds is 4. The molecule has 0 atom stereocenters. The summed E-state index contributed by atoms with van der Waals surface area (Å²) < 4.78 is 11.0. The van der Waals surface area contributed by atoms with Gasteiger partial charge in [-0.2, -0.15) is 10.5 Å². The predicted octanol–water partition coefficient (Wildman–Crippen LogP) is 1.08. The fourth-order valence-electron chi connectivity index (χ4n) is 0.561. The largest absolute Gasteiger partial charge is 0.344 e. The van der Waals surface area contributed by atoms with Crippen LogP contribution in [-0.4, -0.2) is 17.2 Å². The van der Waals surface area contributed by atoms with Crippen molar-refractivity contribution < 1.29 is 9.46 Å². The Hall–Kier alpha value is -0.830. The van der Waals surface area contributed by atoms with Crippen LogP contribution in [0, 0.1) is 22.7 Å². The van der Waals surface area contributed by atoms with Crippen molar-refractivity contribution in [3.8, 4) is 12.1 Å². The van der Waals surface area contributed by atoms with Crippen molar-refractivity contribution in [3.63, 3.8) is 0 Å². The predicted molar refractivity (Wildman–Crippen MR) is 40.0 cm³/mol. The minimum atomic E-state index is -3.17. The van der Waals surface area contributed by atoms with E-state index in [2.05, 4.69) is 0 Å². The first-order chi connectivity index (χ1) is 5.12. The highest BCUT2D eigenvalue weighted by Gasteiger charge is 2.16. The van der Waals surface area contributed by atoms with Gasteiger partial charge in [0, 0.05) is 25.2 Å². The molecular formula is C6H9N2O2P. The molecule has 0 radical (unpaired) electrons. The van der Waals surface area contributed by atoms with Gasteiger partial charge in [0.1, 0.15) is 0 Å². The quantitative estimate of drug-likeness (QED) is 0.643. The molecule has 0 spiro atoms. The van der Waals surface area contributed by atoms with E-state index in [1.165, 1.54) is 0 Å². The van der Waals surface area contributed by atoms with Crippen LogP contribution in [0.25, 0.3) is 0 Å². The minimum Gasteiger partial charge on any atom is -0.344 e. The average molecular weight is 172 g/mol. The molecule has 0 fully saturated rings. The maximum absolute atomic E-state index is 11.0. The second-order valence-electron chi connectivity index (χ2n) is 2.11. The normalized spacial score (nSPS) is 10.1. The summed E-state index contributed by atoms with van der Waals surface area (Å²) in [5.74, 6) is 0. The van der Waals surface area contributed by atoms with Gasteiger partial charge in [-0.25, -0.2) is 0 Å². The Labute approximate surface area is 65.5 Å². The molecule has 0 rings (SSSR count). The molecule has 0 bridgehead atoms. The Balaban J connectivity index is 3.75. The number of nitrogens with zero attached hydrogens (tertiary/aromatic N) is 2. The summed E-state index contributed by atoms with van der Waals surface area (Å²) in [6.07, 6.45) is 0.175. The van der Waals surface area contributed by atoms with Crippen molar-refractivity contribution in [2.45, 2.75) is 12.8 Å². The van der Waals surface area contributed by atoms with Gasteiger partial charge in [0.25, 0.3) is 0 Å². The van der Waals surface area contributed by atoms with Crippen molar-refractivity contribution in [2.24, 2.45) is 0 Å². The molecule has 0 saturated heterocycles. The number of nitriles is 2. The molecule has 5 heteroatoms. The highest BCUT2D eigenvalue weighted by molar-refractivity contribution is 7.57. The van der Waals surface area contributed by atoms with Crippen LogP contribution in [0.4, 0.5) is 0 Å². The second kappa shape index (κ2) is 4.91. The van der Waals surface area contributed by atoms with Crippen molar-refractivity contribution >= 4 is 7.37 Å². The Morgan fingerprint density at radius 1 is 1.18 bits per heavy atom. The van der Waals surface area contributed by atoms with Crippen LogP contribution in [0.5, 0.6) is 0 Å². The lowest BCUT2D eigenvalue weighted by molar-refractivity contribution is 0.478. The molecule has 0 aromatic heterocycles. The molecule has 0 aromatic carbocycles. The van der Waals surface area contributed by atoms with E-state index in [0.29, 0.717) is 0 Å². The lowest BCUT2D eigenvalue weighted by Crippen LogP contribution is -1.92. The van der Waals surface area contributed by atoms with Crippen LogP contribution in [0.2, 0.25) is 0 Å². The summed E-state index contributed by atoms with van der Waals surface area (Å²) in [6.45, 7) is 0. The first-order valence-corrected chi connectivity index (χ1v) is 5.20. The third-order valence-corrected chi connectivity index (χ3v) is 2.99. The van der Waals surface area contributed by atoms with Crippen LogP contribution >= 0.6 is 7.37 Å². The van der Waals surface area contributed by atoms with Crippen molar-refractivity contribution in [2.75, 3.05) is 12.3 Å². The molecule has 0 aliphatic carbocycles. The lowest BCUT2D eigenvalue weighted by atomic mass is 10.5. The molecule has 0 heterocycles. The van der Waals surface area contributed by atoms with Crippen LogP contribution in [0.15, 0.2) is 0 Å². The SMILES string of the molecule is N#CCCP(=O)(O)CCC#N. The number of hydrogen-bond acceptors (Lipinski definition) is 3. The van der Waals surface area contributed by atoms with Crippen LogP contribution < -0.4 is 0 Å². The van der Waals surface area contributed by atoms with Gasteiger partial charge in [0.05, 0.1) is 12.1 Å². The second-order valence-corrected chi connectivity index (χ2v) is 4.70. The van der Waals surface area contributed by atoms with Gasteiger partial charge in [0.2, 0.25) is 7.37 Å². The molecule has 60 valence electrons. The third-order valence-electron chi connectivity index (χ3n) is 1.15. The zero-order valence-corrected chi connectivity index (χ0v) is 6.92. The molecule has 1 N–H and O–H groups in total. The van der Waals surface area contributed by atoms with E-state index >= 15 is 0 Å². The molecule has 0 aliphatic rings. The van der Waals surface area contributed by atoms with Gasteiger partial charge in [-0.1, -0.05) is 0 Å². The fraction of sp³-hybridized carbons (Fsp3) is 0.667. The van der Waals surface area contributed by atoms with E-state index < -0.39 is 7.37 Å². The smallest absolute Gasteiger partial charge is 0.202 e. The topological polar surface area (TPSA) is 84.9 Å². The van der Waals surface area contributed by atoms with E-state index in [1.54, 1.807) is 12.1 Å². The van der Waals surface area contributed by atoms with E-state index in [4.69, 9.17) is 15.4 Å². The summed E-state index contributed by atoms with van der Waals surface area (Å²) >= 11 is 0. The molecule has 0 saturated carbocycles. The summed E-state index contributed by atoms with van der Waals surface area (Å²) in [7, 11) is -3.17. The standard InChI is InChI=1S/C6H9N2O2P/c7-3-1-5-11(9,10)6-2-4-8/h1-2,5-6H2,(H,9,10). The zero-order chi connectivity index (χ0) is 8.74. The molecule has 0 amide bonds. The van der Waals surface area contributed by atoms with E-state index in [0.717, 1.165) is 0 Å². The monoisotopic (exact) mass is 172 g/mol. The molecule has 0 unspecified atom stereocenters. The summed E-state index contributed by atoms with van der Waals surface area (Å²) in [4.78, 5) is 9.03. The first kappa shape index (κ1) is 10.2. The molecule has 0 aliphatic heterocycles. The molecule has 11 heavy (non-hydrogen) atoms. The van der Waals surface area contributed by atoms with Gasteiger partial charge in [-0.3, -0.25) is 4.57 Å². The van der Waals surface area contributed by atoms with Crippen molar-refractivity contribution in [1.82, 2.24) is 0 Å². The van der Waals surface area contributed by atoms with Crippen LogP contribution in [0.3, 0.4) is 0 Å². The van der Waals surface area contributed by atoms with Gasteiger partial charge >= 0.3 is 0 Å². The van der Waals surface area contributed by atoms with Gasteiger partial charge < -0.3 is 4.89 Å². The maximum Gasteiger partial charge on any atom is 0.202 e. The third kappa shape index (κ3) is 5.61. The molecule has 4 nitrogen and oxygen atoms in total. The summed E-state index contributed by atoms with van der Waals surface area (Å²) in [5.41, 5.74) is 0. The first-order valence-electron chi connectivity index (χ1n) is 3.17. The average Bonchev–Trinajstić information content (AvgIpc) is 1.97. The Kier molecular flexibility index (Phi) is 4.54. The zero-order valence-electron chi connectivity index (χ0n) is 6.03. The van der Waals surface area contributed by atoms with Crippen molar-refractivity contribution in [1.29, 1.82) is 10.5 Å². The van der Waals surface area contributed by atoms with Gasteiger partial charge in [-0.05, 0) is 0 Å². The summed E-state index contributed by atoms with van der Waals surface area (Å²) in [5, 5.41) is 16.2. The fourth-order valence-corrected chi connectivity index (χ4v) is 1.68. The highest BCUT2D eigenvalue weighted by atomic mass is 31.2. The lowest BCUT2D eigenvalue weighted by Gasteiger charge is -2.05. The minimum absolute atomic E-state index is 0.00514. The van der Waals surface area contributed by atoms with Crippen LogP contribution in [0.1, 0.15) is 12.8 Å². The molecule has 0 aromatic rings. The van der Waals surface area contributed by atoms with E-state index in [-0.39, 0.29) is 25.2 Å². The van der Waals surface area contributed by atoms with E-state index in [1.807, 2.05) is 0 Å². The Morgan fingerprint density at radius 2 is 1.55 bits per heavy atom. The van der Waals surface area contributed by atoms with Gasteiger partial charge in [-0.15, -0.1) is 0 Å². The maximum atomic E-state index is 11.0.